The third-order valence-corrected chi connectivity index (χ3v) is 5.22. The maximum Gasteiger partial charge on any atom is 1.00 e. The number of aldehydes is 1. The number of halogens is 3. The van der Waals surface area contributed by atoms with Gasteiger partial charge in [-0.15, -0.1) is 6.58 Å². The molecule has 0 spiro atoms. The summed E-state index contributed by atoms with van der Waals surface area (Å²) in [6, 6.07) is 15.9. The molecule has 4 rings (SSSR count). The fraction of sp³-hybridized carbons (Fsp3) is 0.192. The number of H-pyrrole nitrogens is 2. The van der Waals surface area contributed by atoms with Crippen LogP contribution in [0.15, 0.2) is 85.7 Å². The van der Waals surface area contributed by atoms with E-state index in [-0.39, 0.29) is 74.4 Å². The van der Waals surface area contributed by atoms with Gasteiger partial charge in [0.15, 0.2) is 6.29 Å². The van der Waals surface area contributed by atoms with Crippen LogP contribution in [0.4, 0.5) is 8.63 Å². The fourth-order valence-corrected chi connectivity index (χ4v) is 3.23. The van der Waals surface area contributed by atoms with Crippen molar-refractivity contribution in [1.29, 1.82) is 0 Å². The molecule has 0 saturated carbocycles. The molecule has 4 N–H and O–H groups in total. The quantitative estimate of drug-likeness (QED) is 0.207. The number of fused-ring (bicyclic) bond motifs is 2. The van der Waals surface area contributed by atoms with Gasteiger partial charge in [0.1, 0.15) is 0 Å². The van der Waals surface area contributed by atoms with Crippen LogP contribution in [0.25, 0.3) is 21.8 Å². The Balaban J connectivity index is 0.000000515. The summed E-state index contributed by atoms with van der Waals surface area (Å²) in [6.45, 7) is 7.59. The van der Waals surface area contributed by atoms with Gasteiger partial charge in [-0.3, -0.25) is 13.4 Å². The molecule has 2 atom stereocenters. The van der Waals surface area contributed by atoms with E-state index in [4.69, 9.17) is 5.73 Å². The number of aromatic nitrogens is 2. The van der Waals surface area contributed by atoms with Crippen LogP contribution in [0.5, 0.6) is 0 Å². The number of benzene rings is 2. The monoisotopic (exact) mass is 507 g/mol. The van der Waals surface area contributed by atoms with Crippen LogP contribution in [-0.2, 0) is 0 Å². The third kappa shape index (κ3) is 9.95. The molecule has 35 heavy (non-hydrogen) atoms. The van der Waals surface area contributed by atoms with Crippen molar-refractivity contribution in [2.45, 2.75) is 26.2 Å². The molecule has 0 saturated heterocycles. The molecule has 0 unspecified atom stereocenters. The van der Waals surface area contributed by atoms with E-state index >= 15 is 0 Å². The Bertz CT molecular complexity index is 1190. The molecule has 4 aromatic rings. The molecule has 0 bridgehead atoms. The Morgan fingerprint density at radius 2 is 1.57 bits per heavy atom. The first-order chi connectivity index (χ1) is 15.9. The molecule has 2 aromatic heterocycles. The second-order valence-corrected chi connectivity index (χ2v) is 7.51. The molecule has 2 aromatic carbocycles. The molecule has 0 aliphatic carbocycles. The summed E-state index contributed by atoms with van der Waals surface area (Å²) in [7, 11) is -2.18. The number of allylic oxidation sites excluding steroid dienone is 2. The molecule has 0 radical (unpaired) electrons. The zero-order chi connectivity index (χ0) is 24.2. The van der Waals surface area contributed by atoms with Crippen molar-refractivity contribution in [2.75, 3.05) is 0 Å². The summed E-state index contributed by atoms with van der Waals surface area (Å²) in [5.41, 5.74) is 10.2. The number of nitrogens with two attached hydrogens (primary N) is 1. The Hall–Kier alpha value is -1.88. The van der Waals surface area contributed by atoms with Crippen molar-refractivity contribution in [3.8, 4) is 0 Å². The van der Waals surface area contributed by atoms with E-state index in [9.17, 15) is 13.4 Å². The summed E-state index contributed by atoms with van der Waals surface area (Å²) in [5, 5.41) is 2.20. The van der Waals surface area contributed by atoms with E-state index in [1.54, 1.807) is 19.2 Å². The number of aromatic amines is 2. The number of rotatable bonds is 6. The molecule has 2 heterocycles. The molecule has 0 amide bonds. The standard InChI is InChI=1S/C13H16N2.C9H7NO.C4H7BF2.FH.K/c1-3-9(2)13(14)11-8-15-12-7-5-4-6-10(11)12;11-6-7-5-10-9-4-2-1-3-8(7)9;1-2-3-4-5(6)7;;/h3-9,13,15H,1,14H2,2H3;1-6,10H;2-3H,4H2,1H3;1H;/q;;;;+1/p-1/b;;3-2-;;/t9-,13+;;;;/m1..../s1. The first-order valence-electron chi connectivity index (χ1n) is 10.8. The van der Waals surface area contributed by atoms with Gasteiger partial charge in [-0.2, -0.15) is 0 Å². The van der Waals surface area contributed by atoms with Gasteiger partial charge in [0.2, 0.25) is 0 Å². The van der Waals surface area contributed by atoms with Crippen LogP contribution in [0.3, 0.4) is 0 Å². The first-order valence-corrected chi connectivity index (χ1v) is 10.8. The third-order valence-electron chi connectivity index (χ3n) is 5.22. The van der Waals surface area contributed by atoms with E-state index in [1.165, 1.54) is 11.5 Å². The molecule has 0 fully saturated rings. The van der Waals surface area contributed by atoms with E-state index in [0.717, 1.165) is 33.8 Å². The fourth-order valence-electron chi connectivity index (χ4n) is 3.23. The van der Waals surface area contributed by atoms with Gasteiger partial charge in [-0.1, -0.05) is 61.5 Å². The van der Waals surface area contributed by atoms with Crippen LogP contribution < -0.4 is 61.8 Å². The minimum Gasteiger partial charge on any atom is -1.00 e. The average Bonchev–Trinajstić information content (AvgIpc) is 3.46. The van der Waals surface area contributed by atoms with Crippen LogP contribution in [-0.4, -0.2) is 23.5 Å². The minimum atomic E-state index is -2.18. The zero-order valence-electron chi connectivity index (χ0n) is 20.3. The van der Waals surface area contributed by atoms with E-state index in [0.29, 0.717) is 0 Å². The predicted molar refractivity (Wildman–Crippen MR) is 136 cm³/mol. The Morgan fingerprint density at radius 3 is 2.09 bits per heavy atom. The molecular weight excluding hydrogens is 477 g/mol. The number of para-hydroxylation sites is 2. The first kappa shape index (κ1) is 33.1. The Kier molecular flexibility index (Phi) is 16.6. The summed E-state index contributed by atoms with van der Waals surface area (Å²) in [6.07, 6.45) is 9.42. The van der Waals surface area contributed by atoms with Gasteiger partial charge in [-0.25, -0.2) is 0 Å². The normalized spacial score (nSPS) is 11.7. The molecule has 0 aliphatic heterocycles. The van der Waals surface area contributed by atoms with Crippen molar-refractivity contribution in [1.82, 2.24) is 9.97 Å². The summed E-state index contributed by atoms with van der Waals surface area (Å²) in [5.74, 6) is 0.282. The van der Waals surface area contributed by atoms with Crippen molar-refractivity contribution in [3.05, 3.63) is 96.9 Å². The smallest absolute Gasteiger partial charge is 1.00 e. The number of carbonyl (C=O) groups is 1. The van der Waals surface area contributed by atoms with Crippen molar-refractivity contribution in [3.63, 3.8) is 0 Å². The number of hydrogen-bond acceptors (Lipinski definition) is 2. The van der Waals surface area contributed by atoms with Crippen LogP contribution in [0, 0.1) is 5.92 Å². The predicted octanol–water partition coefficient (Wildman–Crippen LogP) is 0.968. The van der Waals surface area contributed by atoms with Gasteiger partial charge in [0, 0.05) is 52.1 Å². The maximum absolute atomic E-state index is 11.2. The van der Waals surface area contributed by atoms with Gasteiger partial charge in [-0.05, 0) is 30.5 Å². The largest absolute Gasteiger partial charge is 1.00 e. The van der Waals surface area contributed by atoms with Crippen LogP contribution in [0.1, 0.15) is 35.8 Å². The SMILES string of the molecule is C/C=C\CB(F)F.C=C[C@@H](C)[C@H](N)c1c[nH]c2ccccc12.O=Cc1c[nH]c2ccccc12.[F-].[K+]. The average molecular weight is 507 g/mol. The van der Waals surface area contributed by atoms with Crippen molar-refractivity contribution in [2.24, 2.45) is 11.7 Å². The zero-order valence-corrected chi connectivity index (χ0v) is 23.5. The number of nitrogens with one attached hydrogen (secondary N) is 2. The summed E-state index contributed by atoms with van der Waals surface area (Å²) < 4.78 is 22.3. The van der Waals surface area contributed by atoms with E-state index < -0.39 is 7.27 Å². The van der Waals surface area contributed by atoms with Crippen molar-refractivity contribution >= 4 is 35.4 Å². The van der Waals surface area contributed by atoms with Gasteiger partial charge in [0.25, 0.3) is 0 Å². The Morgan fingerprint density at radius 1 is 1.03 bits per heavy atom. The van der Waals surface area contributed by atoms with Crippen molar-refractivity contribution < 1.29 is 69.5 Å². The van der Waals surface area contributed by atoms with E-state index in [1.807, 2.05) is 48.7 Å². The minimum absolute atomic E-state index is 0. The van der Waals surface area contributed by atoms with Gasteiger partial charge in [0.05, 0.1) is 0 Å². The maximum atomic E-state index is 11.2. The number of hydrogen-bond donors (Lipinski definition) is 3. The molecule has 9 heteroatoms. The number of carbonyl (C=O) groups excluding carboxylic acids is 1. The molecular formula is C26H30BF3KN3O. The summed E-state index contributed by atoms with van der Waals surface area (Å²) in [4.78, 5) is 16.7. The summed E-state index contributed by atoms with van der Waals surface area (Å²) >= 11 is 0. The molecule has 4 nitrogen and oxygen atoms in total. The second-order valence-electron chi connectivity index (χ2n) is 7.51. The van der Waals surface area contributed by atoms with E-state index in [2.05, 4.69) is 35.6 Å². The van der Waals surface area contributed by atoms with Gasteiger partial charge < -0.3 is 20.4 Å². The topological polar surface area (TPSA) is 74.7 Å². The molecule has 180 valence electrons. The van der Waals surface area contributed by atoms with Crippen LogP contribution >= 0.6 is 0 Å². The second kappa shape index (κ2) is 17.5. The van der Waals surface area contributed by atoms with Crippen LogP contribution in [0.2, 0.25) is 6.32 Å². The van der Waals surface area contributed by atoms with Gasteiger partial charge >= 0.3 is 58.7 Å². The molecule has 0 aliphatic rings. The Labute approximate surface area is 247 Å².